The van der Waals surface area contributed by atoms with E-state index in [4.69, 9.17) is 4.74 Å². The SMILES string of the molecule is CC(c1ccc(S(C)(=O)=O)cc1)N(C)C(=O)CCOc1ccc(F)cc1. The van der Waals surface area contributed by atoms with E-state index in [0.717, 1.165) is 11.8 Å². The minimum atomic E-state index is -3.24. The van der Waals surface area contributed by atoms with Crippen LogP contribution in [-0.4, -0.2) is 39.1 Å². The van der Waals surface area contributed by atoms with Crippen molar-refractivity contribution in [3.05, 3.63) is 59.9 Å². The molecule has 0 aromatic heterocycles. The zero-order valence-electron chi connectivity index (χ0n) is 15.0. The van der Waals surface area contributed by atoms with E-state index < -0.39 is 9.84 Å². The lowest BCUT2D eigenvalue weighted by molar-refractivity contribution is -0.132. The van der Waals surface area contributed by atoms with Crippen LogP contribution in [0, 0.1) is 5.82 Å². The molecule has 2 aromatic carbocycles. The molecule has 2 aromatic rings. The first kappa shape index (κ1) is 19.9. The number of carbonyl (C=O) groups is 1. The van der Waals surface area contributed by atoms with Gasteiger partial charge < -0.3 is 9.64 Å². The number of halogens is 1. The summed E-state index contributed by atoms with van der Waals surface area (Å²) < 4.78 is 41.3. The van der Waals surface area contributed by atoms with Crippen molar-refractivity contribution in [2.75, 3.05) is 19.9 Å². The normalized spacial score (nSPS) is 12.5. The number of ether oxygens (including phenoxy) is 1. The van der Waals surface area contributed by atoms with Crippen LogP contribution in [0.1, 0.15) is 24.9 Å². The first-order valence-corrected chi connectivity index (χ1v) is 10.0. The Hall–Kier alpha value is -2.41. The van der Waals surface area contributed by atoms with E-state index in [1.807, 2.05) is 6.92 Å². The summed E-state index contributed by atoms with van der Waals surface area (Å²) in [6.07, 6.45) is 1.34. The second kappa shape index (κ2) is 8.31. The summed E-state index contributed by atoms with van der Waals surface area (Å²) in [5.74, 6) is 0.0574. The second-order valence-corrected chi connectivity index (χ2v) is 8.09. The molecule has 0 aliphatic heterocycles. The van der Waals surface area contributed by atoms with Gasteiger partial charge in [-0.1, -0.05) is 12.1 Å². The van der Waals surface area contributed by atoms with Crippen molar-refractivity contribution in [2.45, 2.75) is 24.3 Å². The fourth-order valence-corrected chi connectivity index (χ4v) is 3.03. The summed E-state index contributed by atoms with van der Waals surface area (Å²) in [5, 5.41) is 0. The number of hydrogen-bond donors (Lipinski definition) is 0. The molecule has 0 bridgehead atoms. The minimum absolute atomic E-state index is 0.105. The van der Waals surface area contributed by atoms with Crippen LogP contribution in [0.3, 0.4) is 0 Å². The van der Waals surface area contributed by atoms with Gasteiger partial charge in [0.15, 0.2) is 9.84 Å². The maximum atomic E-state index is 12.8. The van der Waals surface area contributed by atoms with Crippen molar-refractivity contribution in [3.8, 4) is 5.75 Å². The maximum absolute atomic E-state index is 12.8. The Morgan fingerprint density at radius 2 is 1.69 bits per heavy atom. The van der Waals surface area contributed by atoms with Gasteiger partial charge in [-0.2, -0.15) is 0 Å². The van der Waals surface area contributed by atoms with Crippen molar-refractivity contribution in [1.82, 2.24) is 4.90 Å². The Bertz CT molecular complexity index is 848. The molecule has 1 amide bonds. The van der Waals surface area contributed by atoms with Crippen molar-refractivity contribution < 1.29 is 22.3 Å². The molecule has 7 heteroatoms. The maximum Gasteiger partial charge on any atom is 0.226 e. The lowest BCUT2D eigenvalue weighted by Crippen LogP contribution is -2.30. The number of carbonyl (C=O) groups excluding carboxylic acids is 1. The van der Waals surface area contributed by atoms with E-state index in [1.165, 1.54) is 36.4 Å². The van der Waals surface area contributed by atoms with Gasteiger partial charge in [0.1, 0.15) is 11.6 Å². The van der Waals surface area contributed by atoms with Gasteiger partial charge in [-0.25, -0.2) is 12.8 Å². The van der Waals surface area contributed by atoms with Gasteiger partial charge in [0.2, 0.25) is 5.91 Å². The van der Waals surface area contributed by atoms with Gasteiger partial charge in [0, 0.05) is 13.3 Å². The second-order valence-electron chi connectivity index (χ2n) is 6.07. The summed E-state index contributed by atoms with van der Waals surface area (Å²) in [7, 11) is -1.55. The fraction of sp³-hybridized carbons (Fsp3) is 0.316. The van der Waals surface area contributed by atoms with Crippen LogP contribution in [0.15, 0.2) is 53.4 Å². The van der Waals surface area contributed by atoms with Gasteiger partial charge in [-0.05, 0) is 48.9 Å². The highest BCUT2D eigenvalue weighted by Gasteiger charge is 2.18. The van der Waals surface area contributed by atoms with Crippen LogP contribution in [-0.2, 0) is 14.6 Å². The number of rotatable bonds is 7. The third-order valence-corrected chi connectivity index (χ3v) is 5.29. The molecule has 1 unspecified atom stereocenters. The molecular formula is C19H22FNO4S. The third kappa shape index (κ3) is 5.29. The Morgan fingerprint density at radius 3 is 2.23 bits per heavy atom. The highest BCUT2D eigenvalue weighted by atomic mass is 32.2. The third-order valence-electron chi connectivity index (χ3n) is 4.16. The first-order valence-electron chi connectivity index (χ1n) is 8.12. The Morgan fingerprint density at radius 1 is 1.12 bits per heavy atom. The van der Waals surface area contributed by atoms with E-state index in [2.05, 4.69) is 0 Å². The molecule has 0 N–H and O–H groups in total. The standard InChI is InChI=1S/C19H22FNO4S/c1-14(15-4-10-18(11-5-15)26(3,23)24)21(2)19(22)12-13-25-17-8-6-16(20)7-9-17/h4-11,14H,12-13H2,1-3H3. The lowest BCUT2D eigenvalue weighted by Gasteiger charge is -2.25. The van der Waals surface area contributed by atoms with E-state index in [-0.39, 0.29) is 35.7 Å². The Kier molecular flexibility index (Phi) is 6.37. The number of benzene rings is 2. The highest BCUT2D eigenvalue weighted by molar-refractivity contribution is 7.90. The molecule has 140 valence electrons. The Labute approximate surface area is 153 Å². The highest BCUT2D eigenvalue weighted by Crippen LogP contribution is 2.21. The first-order chi connectivity index (χ1) is 12.2. The van der Waals surface area contributed by atoms with Gasteiger partial charge in [-0.3, -0.25) is 4.79 Å². The van der Waals surface area contributed by atoms with Crippen LogP contribution in [0.4, 0.5) is 4.39 Å². The molecule has 1 atom stereocenters. The predicted octanol–water partition coefficient (Wildman–Crippen LogP) is 3.22. The van der Waals surface area contributed by atoms with Crippen LogP contribution >= 0.6 is 0 Å². The number of hydrogen-bond acceptors (Lipinski definition) is 4. The molecule has 0 spiro atoms. The van der Waals surface area contributed by atoms with Gasteiger partial charge in [0.05, 0.1) is 24.0 Å². The molecule has 0 radical (unpaired) electrons. The lowest BCUT2D eigenvalue weighted by atomic mass is 10.1. The fourth-order valence-electron chi connectivity index (χ4n) is 2.40. The molecule has 0 saturated carbocycles. The van der Waals surface area contributed by atoms with Gasteiger partial charge >= 0.3 is 0 Å². The monoisotopic (exact) mass is 379 g/mol. The van der Waals surface area contributed by atoms with Crippen molar-refractivity contribution in [2.24, 2.45) is 0 Å². The van der Waals surface area contributed by atoms with Crippen molar-refractivity contribution >= 4 is 15.7 Å². The predicted molar refractivity (Wildman–Crippen MR) is 97.2 cm³/mol. The van der Waals surface area contributed by atoms with E-state index in [9.17, 15) is 17.6 Å². The van der Waals surface area contributed by atoms with Crippen LogP contribution < -0.4 is 4.74 Å². The number of sulfone groups is 1. The topological polar surface area (TPSA) is 63.7 Å². The van der Waals surface area contributed by atoms with E-state index in [0.29, 0.717) is 5.75 Å². The molecule has 26 heavy (non-hydrogen) atoms. The van der Waals surface area contributed by atoms with Crippen LogP contribution in [0.2, 0.25) is 0 Å². The summed E-state index contributed by atoms with van der Waals surface area (Å²) in [6.45, 7) is 2.06. The van der Waals surface area contributed by atoms with Crippen LogP contribution in [0.5, 0.6) is 5.75 Å². The zero-order chi connectivity index (χ0) is 19.3. The summed E-state index contributed by atoms with van der Waals surface area (Å²) in [6, 6.07) is 11.9. The summed E-state index contributed by atoms with van der Waals surface area (Å²) >= 11 is 0. The average molecular weight is 379 g/mol. The quantitative estimate of drug-likeness (QED) is 0.741. The molecule has 0 aliphatic rings. The smallest absolute Gasteiger partial charge is 0.226 e. The number of nitrogens with zero attached hydrogens (tertiary/aromatic N) is 1. The van der Waals surface area contributed by atoms with Gasteiger partial charge in [0.25, 0.3) is 0 Å². The average Bonchev–Trinajstić information content (AvgIpc) is 2.61. The van der Waals surface area contributed by atoms with Crippen molar-refractivity contribution in [3.63, 3.8) is 0 Å². The zero-order valence-corrected chi connectivity index (χ0v) is 15.8. The molecule has 5 nitrogen and oxygen atoms in total. The largest absolute Gasteiger partial charge is 0.493 e. The minimum Gasteiger partial charge on any atom is -0.493 e. The Balaban J connectivity index is 1.91. The van der Waals surface area contributed by atoms with Crippen LogP contribution in [0.25, 0.3) is 0 Å². The summed E-state index contributed by atoms with van der Waals surface area (Å²) in [5.41, 5.74) is 0.840. The van der Waals surface area contributed by atoms with E-state index in [1.54, 1.807) is 24.1 Å². The molecular weight excluding hydrogens is 357 g/mol. The molecule has 0 fully saturated rings. The molecule has 0 aliphatic carbocycles. The van der Waals surface area contributed by atoms with Crippen molar-refractivity contribution in [1.29, 1.82) is 0 Å². The number of amides is 1. The molecule has 0 heterocycles. The van der Waals surface area contributed by atoms with E-state index >= 15 is 0 Å². The van der Waals surface area contributed by atoms with Gasteiger partial charge in [-0.15, -0.1) is 0 Å². The molecule has 2 rings (SSSR count). The molecule has 0 saturated heterocycles. The summed E-state index contributed by atoms with van der Waals surface area (Å²) in [4.78, 5) is 14.2.